The van der Waals surface area contributed by atoms with Crippen LogP contribution in [-0.2, 0) is 6.42 Å². The minimum absolute atomic E-state index is 0.0193. The van der Waals surface area contributed by atoms with Crippen LogP contribution in [0.4, 0.5) is 5.82 Å². The molecule has 0 bridgehead atoms. The number of H-pyrrole nitrogens is 3. The van der Waals surface area contributed by atoms with Crippen molar-refractivity contribution in [1.29, 1.82) is 0 Å². The van der Waals surface area contributed by atoms with E-state index >= 15 is 0 Å². The summed E-state index contributed by atoms with van der Waals surface area (Å²) in [5.74, 6) is 6.15. The second-order valence-corrected chi connectivity index (χ2v) is 5.17. The predicted octanol–water partition coefficient (Wildman–Crippen LogP) is -0.741. The first-order valence-electron chi connectivity index (χ1n) is 7.36. The average molecular weight is 342 g/mol. The molecule has 0 fully saturated rings. The zero-order valence-corrected chi connectivity index (χ0v) is 13.8. The third-order valence-corrected chi connectivity index (χ3v) is 2.94. The second kappa shape index (κ2) is 7.89. The number of hydrogen-bond acceptors (Lipinski definition) is 7. The molecule has 130 valence electrons. The van der Waals surface area contributed by atoms with Crippen LogP contribution in [0.25, 0.3) is 11.2 Å². The van der Waals surface area contributed by atoms with Crippen molar-refractivity contribution in [3.63, 3.8) is 0 Å². The summed E-state index contributed by atoms with van der Waals surface area (Å²) in [6.07, 6.45) is 3.44. The summed E-state index contributed by atoms with van der Waals surface area (Å²) in [6, 6.07) is 0.0193. The third kappa shape index (κ3) is 4.76. The molecule has 1 unspecified atom stereocenters. The molecule has 3 rings (SSSR count). The minimum Gasteiger partial charge on any atom is -0.382 e. The van der Waals surface area contributed by atoms with Gasteiger partial charge in [0.1, 0.15) is 16.9 Å². The molecule has 3 aromatic rings. The lowest BCUT2D eigenvalue weighted by Crippen LogP contribution is -2.23. The summed E-state index contributed by atoms with van der Waals surface area (Å²) in [5, 5.41) is 0. The number of anilines is 1. The van der Waals surface area contributed by atoms with E-state index < -0.39 is 11.2 Å². The van der Waals surface area contributed by atoms with Gasteiger partial charge in [0.25, 0.3) is 5.56 Å². The quantitative estimate of drug-likeness (QED) is 0.381. The summed E-state index contributed by atoms with van der Waals surface area (Å²) in [4.78, 5) is 41.0. The number of rotatable bonds is 2. The van der Waals surface area contributed by atoms with E-state index in [0.29, 0.717) is 29.2 Å². The fraction of sp³-hybridized carbons (Fsp3) is 0.267. The number of nitrogens with one attached hydrogen (secondary N) is 3. The molecule has 1 atom stereocenters. The van der Waals surface area contributed by atoms with Crippen molar-refractivity contribution < 1.29 is 0 Å². The van der Waals surface area contributed by atoms with Gasteiger partial charge >= 0.3 is 5.69 Å². The maximum Gasteiger partial charge on any atom is 0.325 e. The Morgan fingerprint density at radius 1 is 1.28 bits per heavy atom. The van der Waals surface area contributed by atoms with Gasteiger partial charge in [-0.05, 0) is 13.8 Å². The van der Waals surface area contributed by atoms with Gasteiger partial charge in [-0.1, -0.05) is 5.92 Å². The van der Waals surface area contributed by atoms with Gasteiger partial charge in [-0.2, -0.15) is 0 Å². The van der Waals surface area contributed by atoms with E-state index in [1.807, 2.05) is 6.92 Å². The number of nitrogen functional groups attached to an aromatic ring is 1. The number of aromatic amines is 3. The molecule has 25 heavy (non-hydrogen) atoms. The van der Waals surface area contributed by atoms with Crippen LogP contribution < -0.4 is 22.7 Å². The molecule has 10 nitrogen and oxygen atoms in total. The molecule has 0 aliphatic heterocycles. The Morgan fingerprint density at radius 2 is 2.04 bits per heavy atom. The van der Waals surface area contributed by atoms with E-state index in [0.717, 1.165) is 0 Å². The topological polar surface area (TPSA) is 172 Å². The van der Waals surface area contributed by atoms with E-state index in [2.05, 4.69) is 41.7 Å². The molecule has 3 aromatic heterocycles. The molecule has 0 radical (unpaired) electrons. The number of nitrogens with zero attached hydrogens (tertiary/aromatic N) is 3. The summed E-state index contributed by atoms with van der Waals surface area (Å²) in [7, 11) is 0. The van der Waals surface area contributed by atoms with Crippen molar-refractivity contribution in [3.8, 4) is 11.8 Å². The van der Waals surface area contributed by atoms with E-state index in [1.165, 1.54) is 6.20 Å². The fourth-order valence-corrected chi connectivity index (χ4v) is 1.92. The Labute approximate surface area is 142 Å². The fourth-order valence-electron chi connectivity index (χ4n) is 1.92. The minimum atomic E-state index is -0.517. The molecule has 0 aliphatic carbocycles. The smallest absolute Gasteiger partial charge is 0.325 e. The van der Waals surface area contributed by atoms with Crippen LogP contribution in [0.15, 0.2) is 22.1 Å². The Morgan fingerprint density at radius 3 is 2.68 bits per heavy atom. The second-order valence-electron chi connectivity index (χ2n) is 5.17. The first kappa shape index (κ1) is 17.9. The van der Waals surface area contributed by atoms with Gasteiger partial charge in [0.15, 0.2) is 11.5 Å². The van der Waals surface area contributed by atoms with E-state index in [4.69, 9.17) is 11.5 Å². The Kier molecular flexibility index (Phi) is 5.65. The highest BCUT2D eigenvalue weighted by Crippen LogP contribution is 2.13. The van der Waals surface area contributed by atoms with Crippen molar-refractivity contribution in [1.82, 2.24) is 29.9 Å². The van der Waals surface area contributed by atoms with Crippen molar-refractivity contribution in [2.75, 3.05) is 5.73 Å². The number of nitrogens with two attached hydrogens (primary N) is 2. The largest absolute Gasteiger partial charge is 0.382 e. The van der Waals surface area contributed by atoms with Crippen LogP contribution in [0.3, 0.4) is 0 Å². The van der Waals surface area contributed by atoms with Crippen molar-refractivity contribution >= 4 is 17.0 Å². The number of hydrogen-bond donors (Lipinski definition) is 5. The lowest BCUT2D eigenvalue weighted by atomic mass is 10.2. The summed E-state index contributed by atoms with van der Waals surface area (Å²) < 4.78 is 0. The highest BCUT2D eigenvalue weighted by molar-refractivity contribution is 5.80. The van der Waals surface area contributed by atoms with Gasteiger partial charge < -0.3 is 21.4 Å². The van der Waals surface area contributed by atoms with Crippen molar-refractivity contribution in [3.05, 3.63) is 44.8 Å². The lowest BCUT2D eigenvalue weighted by Gasteiger charge is -2.04. The normalized spacial score (nSPS) is 11.2. The van der Waals surface area contributed by atoms with Crippen molar-refractivity contribution in [2.45, 2.75) is 26.3 Å². The number of aromatic nitrogens is 6. The number of imidazole rings is 1. The summed E-state index contributed by atoms with van der Waals surface area (Å²) >= 11 is 0. The van der Waals surface area contributed by atoms with Crippen LogP contribution in [0.2, 0.25) is 0 Å². The first-order valence-corrected chi connectivity index (χ1v) is 7.36. The van der Waals surface area contributed by atoms with Gasteiger partial charge in [-0.15, -0.1) is 5.92 Å². The van der Waals surface area contributed by atoms with Gasteiger partial charge in [0, 0.05) is 18.7 Å². The molecule has 0 aromatic carbocycles. The van der Waals surface area contributed by atoms with Crippen LogP contribution in [0.1, 0.15) is 25.2 Å². The molecule has 0 spiro atoms. The maximum atomic E-state index is 10.9. The standard InChI is InChI=1S/C8H12N6.C7H6N2O2/c1-4(9)2-5-13-7(10)6-8(14-5)12-3-11-6;1-2-3-5-4-8-7(11)9-6(5)10/h3-4H,2,9H2,1H3,(H3,10,11,12,13,14);4H,1H3,(H2,8,9,10,11). The summed E-state index contributed by atoms with van der Waals surface area (Å²) in [5.41, 5.74) is 11.9. The molecule has 0 amide bonds. The Balaban J connectivity index is 0.000000186. The molecule has 0 aliphatic rings. The van der Waals surface area contributed by atoms with Crippen LogP contribution in [0.5, 0.6) is 0 Å². The zero-order chi connectivity index (χ0) is 18.4. The molecule has 10 heteroatoms. The van der Waals surface area contributed by atoms with E-state index in [1.54, 1.807) is 13.3 Å². The van der Waals surface area contributed by atoms with Crippen LogP contribution in [-0.4, -0.2) is 35.9 Å². The first-order chi connectivity index (χ1) is 11.9. The van der Waals surface area contributed by atoms with Gasteiger partial charge in [-0.25, -0.2) is 19.7 Å². The van der Waals surface area contributed by atoms with Gasteiger partial charge in [0.2, 0.25) is 0 Å². The Hall–Kier alpha value is -3.45. The molecule has 0 saturated heterocycles. The maximum absolute atomic E-state index is 10.9. The van der Waals surface area contributed by atoms with E-state index in [-0.39, 0.29) is 11.6 Å². The SMILES string of the molecule is CC#Cc1c[nH]c(=O)[nH]c1=O.CC(N)Cc1nc(N)c2[nH]cnc2n1. The molecule has 0 saturated carbocycles. The molecule has 3 heterocycles. The lowest BCUT2D eigenvalue weighted by molar-refractivity contribution is 0.706. The van der Waals surface area contributed by atoms with E-state index in [9.17, 15) is 9.59 Å². The monoisotopic (exact) mass is 342 g/mol. The average Bonchev–Trinajstić information content (AvgIpc) is 2.99. The molecular weight excluding hydrogens is 324 g/mol. The van der Waals surface area contributed by atoms with Crippen LogP contribution in [0, 0.1) is 11.8 Å². The molecular formula is C15H18N8O2. The van der Waals surface area contributed by atoms with Crippen molar-refractivity contribution in [2.24, 2.45) is 5.73 Å². The highest BCUT2D eigenvalue weighted by atomic mass is 16.2. The zero-order valence-electron chi connectivity index (χ0n) is 13.8. The third-order valence-electron chi connectivity index (χ3n) is 2.94. The Bertz CT molecular complexity index is 1040. The molecule has 7 N–H and O–H groups in total. The highest BCUT2D eigenvalue weighted by Gasteiger charge is 2.08. The number of fused-ring (bicyclic) bond motifs is 1. The van der Waals surface area contributed by atoms with Crippen LogP contribution >= 0.6 is 0 Å². The predicted molar refractivity (Wildman–Crippen MR) is 93.7 cm³/mol. The van der Waals surface area contributed by atoms with Gasteiger partial charge in [-0.3, -0.25) is 9.78 Å². The van der Waals surface area contributed by atoms with Gasteiger partial charge in [0.05, 0.1) is 6.33 Å². The summed E-state index contributed by atoms with van der Waals surface area (Å²) in [6.45, 7) is 3.51.